The van der Waals surface area contributed by atoms with Gasteiger partial charge < -0.3 is 0 Å². The molecule has 0 saturated carbocycles. The Morgan fingerprint density at radius 2 is 1.60 bits per heavy atom. The van der Waals surface area contributed by atoms with Gasteiger partial charge in [0.1, 0.15) is 6.04 Å². The smallest absolute Gasteiger partial charge is 0.291 e. The molecule has 2 atom stereocenters. The van der Waals surface area contributed by atoms with Gasteiger partial charge in [-0.05, 0) is 5.56 Å². The molecule has 0 amide bonds. The minimum absolute atomic E-state index is 0.0346. The minimum atomic E-state index is -0.389. The first-order valence-corrected chi connectivity index (χ1v) is 6.55. The third-order valence-corrected chi connectivity index (χ3v) is 3.45. The van der Waals surface area contributed by atoms with E-state index in [1.807, 2.05) is 60.7 Å². The zero-order chi connectivity index (χ0) is 13.9. The number of hydrogen-bond acceptors (Lipinski definition) is 3. The lowest BCUT2D eigenvalue weighted by Gasteiger charge is -2.14. The molecule has 1 aliphatic heterocycles. The molecule has 0 fully saturated rings. The summed E-state index contributed by atoms with van der Waals surface area (Å²) >= 11 is 0. The molecule has 2 aromatic carbocycles. The molecule has 20 heavy (non-hydrogen) atoms. The van der Waals surface area contributed by atoms with Crippen molar-refractivity contribution in [2.75, 3.05) is 0 Å². The van der Waals surface area contributed by atoms with Gasteiger partial charge in [0.25, 0.3) is 0 Å². The van der Waals surface area contributed by atoms with Crippen molar-refractivity contribution in [3.05, 3.63) is 71.8 Å². The van der Waals surface area contributed by atoms with Gasteiger partial charge in [-0.25, -0.2) is 0 Å². The molecule has 0 spiro atoms. The third kappa shape index (κ3) is 2.28. The lowest BCUT2D eigenvalue weighted by atomic mass is 9.94. The van der Waals surface area contributed by atoms with E-state index in [-0.39, 0.29) is 17.9 Å². The Labute approximate surface area is 117 Å². The number of ketones is 1. The Hall–Kier alpha value is -2.62. The van der Waals surface area contributed by atoms with E-state index in [9.17, 15) is 4.79 Å². The van der Waals surface area contributed by atoms with Crippen LogP contribution in [0.25, 0.3) is 0 Å². The fourth-order valence-electron chi connectivity index (χ4n) is 2.48. The molecule has 0 bridgehead atoms. The molecule has 0 unspecified atom stereocenters. The van der Waals surface area contributed by atoms with Crippen LogP contribution in [-0.2, 0) is 0 Å². The van der Waals surface area contributed by atoms with Crippen LogP contribution < -0.4 is 16.0 Å². The molecule has 1 aliphatic rings. The zero-order valence-electron chi connectivity index (χ0n) is 10.9. The van der Waals surface area contributed by atoms with Gasteiger partial charge in [0.15, 0.2) is 6.04 Å². The molecule has 0 saturated heterocycles. The highest BCUT2D eigenvalue weighted by Crippen LogP contribution is 2.17. The Bertz CT molecular complexity index is 637. The van der Waals surface area contributed by atoms with E-state index in [1.54, 1.807) is 0 Å². The van der Waals surface area contributed by atoms with Crippen LogP contribution in [0.1, 0.15) is 22.0 Å². The van der Waals surface area contributed by atoms with Crippen molar-refractivity contribution in [3.8, 4) is 0 Å². The summed E-state index contributed by atoms with van der Waals surface area (Å²) < 4.78 is 0. The van der Waals surface area contributed by atoms with Crippen molar-refractivity contribution in [3.63, 3.8) is 0 Å². The van der Waals surface area contributed by atoms with Crippen LogP contribution in [0.2, 0.25) is 0 Å². The summed E-state index contributed by atoms with van der Waals surface area (Å²) in [6, 6.07) is 18.6. The molecular weight excluding hydrogens is 250 g/mol. The number of nitrogens with one attached hydrogen (secondary N) is 2. The third-order valence-electron chi connectivity index (χ3n) is 3.45. The van der Waals surface area contributed by atoms with Crippen LogP contribution in [0.5, 0.6) is 0 Å². The van der Waals surface area contributed by atoms with E-state index in [4.69, 9.17) is 5.73 Å². The van der Waals surface area contributed by atoms with Crippen LogP contribution >= 0.6 is 0 Å². The molecule has 3 rings (SSSR count). The standard InChI is InChI=1S/C16H15N3O/c17-16-18-13(11-7-3-1-4-8-11)14(19-16)15(20)12-9-5-2-6-10-12/h1-10,13-14H,(H3,17,18,19)/p+1/t13-,14+/m1/s1. The van der Waals surface area contributed by atoms with Crippen molar-refractivity contribution in [1.82, 2.24) is 5.32 Å². The maximum absolute atomic E-state index is 12.6. The maximum atomic E-state index is 12.6. The van der Waals surface area contributed by atoms with Gasteiger partial charge in [-0.2, -0.15) is 0 Å². The summed E-state index contributed by atoms with van der Waals surface area (Å²) in [6.45, 7) is 0. The zero-order valence-corrected chi connectivity index (χ0v) is 10.9. The predicted octanol–water partition coefficient (Wildman–Crippen LogP) is -0.0223. The van der Waals surface area contributed by atoms with Gasteiger partial charge in [0.2, 0.25) is 5.78 Å². The molecule has 0 aliphatic carbocycles. The Morgan fingerprint density at radius 1 is 1.00 bits per heavy atom. The van der Waals surface area contributed by atoms with E-state index < -0.39 is 0 Å². The highest BCUT2D eigenvalue weighted by atomic mass is 16.1. The van der Waals surface area contributed by atoms with E-state index in [0.717, 1.165) is 5.56 Å². The lowest BCUT2D eigenvalue weighted by molar-refractivity contribution is -0.500. The van der Waals surface area contributed by atoms with Crippen molar-refractivity contribution in [2.24, 2.45) is 5.73 Å². The molecule has 4 nitrogen and oxygen atoms in total. The van der Waals surface area contributed by atoms with Crippen molar-refractivity contribution >= 4 is 11.7 Å². The Kier molecular flexibility index (Phi) is 3.21. The van der Waals surface area contributed by atoms with Gasteiger partial charge in [0, 0.05) is 5.56 Å². The number of guanidine groups is 1. The van der Waals surface area contributed by atoms with Crippen molar-refractivity contribution < 1.29 is 9.79 Å². The fraction of sp³-hybridized carbons (Fsp3) is 0.125. The maximum Gasteiger partial charge on any atom is 0.342 e. The molecule has 4 N–H and O–H groups in total. The topological polar surface area (TPSA) is 69.1 Å². The molecule has 100 valence electrons. The van der Waals surface area contributed by atoms with Gasteiger partial charge in [-0.15, -0.1) is 0 Å². The number of carbonyl (C=O) groups is 1. The SMILES string of the molecule is NC1=[NH+][C@H](c2ccccc2)[C@@H](C(=O)c2ccccc2)N1. The molecule has 0 aromatic heterocycles. The summed E-state index contributed by atoms with van der Waals surface area (Å²) in [7, 11) is 0. The van der Waals surface area contributed by atoms with E-state index in [0.29, 0.717) is 11.5 Å². The summed E-state index contributed by atoms with van der Waals surface area (Å²) in [5, 5.41) is 3.03. The summed E-state index contributed by atoms with van der Waals surface area (Å²) in [5.41, 5.74) is 7.53. The second kappa shape index (κ2) is 5.17. The van der Waals surface area contributed by atoms with Crippen LogP contribution in [-0.4, -0.2) is 17.8 Å². The van der Waals surface area contributed by atoms with Crippen LogP contribution in [0.4, 0.5) is 0 Å². The van der Waals surface area contributed by atoms with E-state index in [1.165, 1.54) is 0 Å². The normalized spacial score (nSPS) is 21.1. The summed E-state index contributed by atoms with van der Waals surface area (Å²) in [6.07, 6.45) is 0. The van der Waals surface area contributed by atoms with Gasteiger partial charge in [-0.3, -0.25) is 20.8 Å². The van der Waals surface area contributed by atoms with Crippen LogP contribution in [0, 0.1) is 0 Å². The summed E-state index contributed by atoms with van der Waals surface area (Å²) in [4.78, 5) is 15.7. The number of rotatable bonds is 3. The first-order valence-electron chi connectivity index (χ1n) is 6.55. The van der Waals surface area contributed by atoms with E-state index >= 15 is 0 Å². The fourth-order valence-corrected chi connectivity index (χ4v) is 2.48. The van der Waals surface area contributed by atoms with Crippen molar-refractivity contribution in [1.29, 1.82) is 0 Å². The largest absolute Gasteiger partial charge is 0.342 e. The first-order chi connectivity index (χ1) is 9.75. The number of nitrogens with two attached hydrogens (primary N) is 1. The van der Waals surface area contributed by atoms with Gasteiger partial charge in [0.05, 0.1) is 0 Å². The lowest BCUT2D eigenvalue weighted by Crippen LogP contribution is -2.74. The summed E-state index contributed by atoms with van der Waals surface area (Å²) in [5.74, 6) is 0.473. The minimum Gasteiger partial charge on any atom is -0.291 e. The number of hydrogen-bond donors (Lipinski definition) is 3. The van der Waals surface area contributed by atoms with Crippen LogP contribution in [0.15, 0.2) is 60.7 Å². The molecular formula is C16H16N3O+. The quantitative estimate of drug-likeness (QED) is 0.684. The second-order valence-corrected chi connectivity index (χ2v) is 4.80. The van der Waals surface area contributed by atoms with Crippen molar-refractivity contribution in [2.45, 2.75) is 12.1 Å². The van der Waals surface area contributed by atoms with E-state index in [2.05, 4.69) is 10.3 Å². The van der Waals surface area contributed by atoms with Crippen LogP contribution in [0.3, 0.4) is 0 Å². The number of benzene rings is 2. The monoisotopic (exact) mass is 266 g/mol. The number of carbonyl (C=O) groups excluding carboxylic acids is 1. The second-order valence-electron chi connectivity index (χ2n) is 4.80. The highest BCUT2D eigenvalue weighted by Gasteiger charge is 2.39. The average molecular weight is 266 g/mol. The van der Waals surface area contributed by atoms with Gasteiger partial charge in [-0.1, -0.05) is 60.7 Å². The molecule has 2 aromatic rings. The first kappa shape index (κ1) is 12.4. The highest BCUT2D eigenvalue weighted by molar-refractivity contribution is 6.02. The average Bonchev–Trinajstić information content (AvgIpc) is 2.90. The Morgan fingerprint density at radius 3 is 2.25 bits per heavy atom. The Balaban J connectivity index is 1.92. The molecule has 1 heterocycles. The number of Topliss-reactive ketones (excluding diaryl/α,β-unsaturated/α-hetero) is 1. The molecule has 0 radical (unpaired) electrons. The predicted molar refractivity (Wildman–Crippen MR) is 77.0 cm³/mol. The van der Waals surface area contributed by atoms with Gasteiger partial charge >= 0.3 is 5.96 Å². The molecule has 4 heteroatoms.